The van der Waals surface area contributed by atoms with Crippen LogP contribution in [0.15, 0.2) is 28.7 Å². The molecule has 0 saturated heterocycles. The van der Waals surface area contributed by atoms with Crippen molar-refractivity contribution in [3.05, 3.63) is 34.3 Å². The van der Waals surface area contributed by atoms with Crippen LogP contribution in [0.1, 0.15) is 44.2 Å². The van der Waals surface area contributed by atoms with Crippen LogP contribution in [0.25, 0.3) is 0 Å². The summed E-state index contributed by atoms with van der Waals surface area (Å²) in [6.07, 6.45) is 7.60. The maximum Gasteiger partial charge on any atom is 0.0305 e. The van der Waals surface area contributed by atoms with Gasteiger partial charge in [-0.05, 0) is 50.5 Å². The predicted molar refractivity (Wildman–Crippen MR) is 85.3 cm³/mol. The molecule has 0 amide bonds. The largest absolute Gasteiger partial charge is 0.307 e. The van der Waals surface area contributed by atoms with E-state index in [1.165, 1.54) is 35.7 Å². The second-order valence-corrected chi connectivity index (χ2v) is 7.11. The first-order valence-corrected chi connectivity index (χ1v) is 8.82. The van der Waals surface area contributed by atoms with Gasteiger partial charge in [0.05, 0.1) is 0 Å². The lowest BCUT2D eigenvalue weighted by Crippen LogP contribution is -2.35. The van der Waals surface area contributed by atoms with Gasteiger partial charge in [0.25, 0.3) is 0 Å². The van der Waals surface area contributed by atoms with Gasteiger partial charge in [-0.1, -0.05) is 34.1 Å². The van der Waals surface area contributed by atoms with E-state index in [9.17, 15) is 0 Å². The van der Waals surface area contributed by atoms with Crippen molar-refractivity contribution in [3.63, 3.8) is 0 Å². The first-order chi connectivity index (χ1) is 8.70. The van der Waals surface area contributed by atoms with Gasteiger partial charge in [-0.2, -0.15) is 11.8 Å². The molecule has 1 aliphatic carbocycles. The Balaban J connectivity index is 1.89. The Morgan fingerprint density at radius 2 is 1.89 bits per heavy atom. The molecule has 0 spiro atoms. The van der Waals surface area contributed by atoms with Crippen LogP contribution in [0.3, 0.4) is 0 Å². The van der Waals surface area contributed by atoms with Crippen LogP contribution >= 0.6 is 27.7 Å². The van der Waals surface area contributed by atoms with E-state index in [1.807, 2.05) is 11.8 Å². The zero-order chi connectivity index (χ0) is 13.0. The standard InChI is InChI=1S/C15H22BrNS/c1-11(14-5-3-4-6-15(14)16)17-12-7-9-13(18-2)10-8-12/h3-6,11-13,17H,7-10H2,1-2H3. The van der Waals surface area contributed by atoms with E-state index in [1.54, 1.807) is 0 Å². The van der Waals surface area contributed by atoms with E-state index in [4.69, 9.17) is 0 Å². The molecule has 100 valence electrons. The van der Waals surface area contributed by atoms with Gasteiger partial charge in [-0.15, -0.1) is 0 Å². The Bertz CT molecular complexity index is 375. The van der Waals surface area contributed by atoms with Gasteiger partial charge in [0.15, 0.2) is 0 Å². The lowest BCUT2D eigenvalue weighted by molar-refractivity contribution is 0.352. The normalized spacial score (nSPS) is 25.9. The second kappa shape index (κ2) is 6.97. The van der Waals surface area contributed by atoms with Crippen LogP contribution in [0, 0.1) is 0 Å². The van der Waals surface area contributed by atoms with Crippen molar-refractivity contribution in [1.82, 2.24) is 5.32 Å². The lowest BCUT2D eigenvalue weighted by Gasteiger charge is -2.30. The molecule has 1 saturated carbocycles. The molecule has 3 heteroatoms. The number of nitrogens with one attached hydrogen (secondary N) is 1. The van der Waals surface area contributed by atoms with Gasteiger partial charge in [0.1, 0.15) is 0 Å². The molecular formula is C15H22BrNS. The average Bonchev–Trinajstić information content (AvgIpc) is 2.40. The number of hydrogen-bond donors (Lipinski definition) is 1. The maximum atomic E-state index is 3.78. The molecule has 1 aromatic carbocycles. The highest BCUT2D eigenvalue weighted by Gasteiger charge is 2.22. The summed E-state index contributed by atoms with van der Waals surface area (Å²) >= 11 is 5.67. The highest BCUT2D eigenvalue weighted by molar-refractivity contribution is 9.10. The highest BCUT2D eigenvalue weighted by Crippen LogP contribution is 2.29. The van der Waals surface area contributed by atoms with Gasteiger partial charge in [-0.3, -0.25) is 0 Å². The molecule has 1 N–H and O–H groups in total. The fourth-order valence-corrected chi connectivity index (χ4v) is 4.11. The minimum Gasteiger partial charge on any atom is -0.307 e. The van der Waals surface area contributed by atoms with Crippen LogP contribution in [0.5, 0.6) is 0 Å². The summed E-state index contributed by atoms with van der Waals surface area (Å²) in [6, 6.07) is 9.63. The highest BCUT2D eigenvalue weighted by atomic mass is 79.9. The Labute approximate surface area is 123 Å². The third-order valence-corrected chi connectivity index (χ3v) is 5.73. The van der Waals surface area contributed by atoms with Crippen molar-refractivity contribution in [1.29, 1.82) is 0 Å². The molecule has 1 fully saturated rings. The molecule has 0 bridgehead atoms. The average molecular weight is 328 g/mol. The van der Waals surface area contributed by atoms with Crippen molar-refractivity contribution in [2.75, 3.05) is 6.26 Å². The molecular weight excluding hydrogens is 306 g/mol. The Kier molecular flexibility index (Phi) is 5.58. The third-order valence-electron chi connectivity index (χ3n) is 3.86. The van der Waals surface area contributed by atoms with Gasteiger partial charge in [0.2, 0.25) is 0 Å². The van der Waals surface area contributed by atoms with E-state index in [-0.39, 0.29) is 0 Å². The smallest absolute Gasteiger partial charge is 0.0305 e. The van der Waals surface area contributed by atoms with Crippen molar-refractivity contribution in [2.45, 2.75) is 49.9 Å². The summed E-state index contributed by atoms with van der Waals surface area (Å²) in [4.78, 5) is 0. The number of halogens is 1. The van der Waals surface area contributed by atoms with Crippen LogP contribution in [-0.2, 0) is 0 Å². The molecule has 0 radical (unpaired) electrons. The first-order valence-electron chi connectivity index (χ1n) is 6.74. The summed E-state index contributed by atoms with van der Waals surface area (Å²) in [6.45, 7) is 2.26. The van der Waals surface area contributed by atoms with Gasteiger partial charge in [-0.25, -0.2) is 0 Å². The van der Waals surface area contributed by atoms with Crippen molar-refractivity contribution >= 4 is 27.7 Å². The summed E-state index contributed by atoms with van der Waals surface area (Å²) in [5, 5.41) is 4.67. The Hall–Kier alpha value is 0.01000. The maximum absolute atomic E-state index is 3.78. The molecule has 1 unspecified atom stereocenters. The Morgan fingerprint density at radius 1 is 1.22 bits per heavy atom. The second-order valence-electron chi connectivity index (χ2n) is 5.12. The molecule has 0 aliphatic heterocycles. The van der Waals surface area contributed by atoms with Crippen LogP contribution in [-0.4, -0.2) is 17.5 Å². The fourth-order valence-electron chi connectivity index (χ4n) is 2.73. The third kappa shape index (κ3) is 3.75. The van der Waals surface area contributed by atoms with E-state index in [0.717, 1.165) is 5.25 Å². The summed E-state index contributed by atoms with van der Waals surface area (Å²) in [7, 11) is 0. The van der Waals surface area contributed by atoms with Crippen LogP contribution in [0.4, 0.5) is 0 Å². The van der Waals surface area contributed by atoms with Gasteiger partial charge >= 0.3 is 0 Å². The molecule has 1 aliphatic rings. The molecule has 1 aromatic rings. The van der Waals surface area contributed by atoms with E-state index >= 15 is 0 Å². The van der Waals surface area contributed by atoms with Crippen LogP contribution in [0.2, 0.25) is 0 Å². The molecule has 18 heavy (non-hydrogen) atoms. The summed E-state index contributed by atoms with van der Waals surface area (Å²) < 4.78 is 1.21. The van der Waals surface area contributed by atoms with E-state index in [2.05, 4.69) is 58.7 Å². The van der Waals surface area contributed by atoms with Gasteiger partial charge < -0.3 is 5.32 Å². The minimum atomic E-state index is 0.427. The topological polar surface area (TPSA) is 12.0 Å². The predicted octanol–water partition coefficient (Wildman–Crippen LogP) is 4.77. The van der Waals surface area contributed by atoms with Crippen molar-refractivity contribution < 1.29 is 0 Å². The monoisotopic (exact) mass is 327 g/mol. The number of hydrogen-bond acceptors (Lipinski definition) is 2. The quantitative estimate of drug-likeness (QED) is 0.854. The zero-order valence-electron chi connectivity index (χ0n) is 11.2. The number of benzene rings is 1. The minimum absolute atomic E-state index is 0.427. The van der Waals surface area contributed by atoms with Crippen molar-refractivity contribution in [2.24, 2.45) is 0 Å². The molecule has 0 aromatic heterocycles. The van der Waals surface area contributed by atoms with Crippen LogP contribution < -0.4 is 5.32 Å². The molecule has 0 heterocycles. The fraction of sp³-hybridized carbons (Fsp3) is 0.600. The molecule has 1 atom stereocenters. The van der Waals surface area contributed by atoms with E-state index in [0.29, 0.717) is 12.1 Å². The van der Waals surface area contributed by atoms with Gasteiger partial charge in [0, 0.05) is 21.8 Å². The first kappa shape index (κ1) is 14.4. The van der Waals surface area contributed by atoms with E-state index < -0.39 is 0 Å². The molecule has 2 rings (SSSR count). The van der Waals surface area contributed by atoms with Crippen molar-refractivity contribution in [3.8, 4) is 0 Å². The molecule has 1 nitrogen and oxygen atoms in total. The SMILES string of the molecule is CSC1CCC(NC(C)c2ccccc2Br)CC1. The summed E-state index contributed by atoms with van der Waals surface area (Å²) in [5.74, 6) is 0. The lowest BCUT2D eigenvalue weighted by atomic mass is 9.94. The Morgan fingerprint density at radius 3 is 2.50 bits per heavy atom. The zero-order valence-corrected chi connectivity index (χ0v) is 13.6. The number of rotatable bonds is 4. The summed E-state index contributed by atoms with van der Waals surface area (Å²) in [5.41, 5.74) is 1.37. The number of thioether (sulfide) groups is 1.